The number of nitrogens with zero attached hydrogens (tertiary/aromatic N) is 1. The van der Waals surface area contributed by atoms with Crippen LogP contribution in [0.25, 0.3) is 11.1 Å². The molecule has 1 saturated heterocycles. The molecule has 1 aromatic heterocycles. The van der Waals surface area contributed by atoms with Gasteiger partial charge in [-0.1, -0.05) is 0 Å². The van der Waals surface area contributed by atoms with Gasteiger partial charge < -0.3 is 9.52 Å². The molecule has 2 unspecified atom stereocenters. The van der Waals surface area contributed by atoms with Crippen molar-refractivity contribution >= 4 is 22.9 Å². The summed E-state index contributed by atoms with van der Waals surface area (Å²) in [5, 5.41) is 9.16. The minimum atomic E-state index is -0.815. The number of oxazole rings is 1. The number of carbonyl (C=O) groups excluding carboxylic acids is 1. The maximum atomic E-state index is 12.7. The van der Waals surface area contributed by atoms with Crippen LogP contribution in [0.3, 0.4) is 0 Å². The first-order chi connectivity index (χ1) is 11.0. The monoisotopic (exact) mass is 318 g/mol. The topological polar surface area (TPSA) is 104 Å². The number of ketones is 1. The average molecular weight is 318 g/mol. The Morgan fingerprint density at radius 2 is 2.22 bits per heavy atom. The van der Waals surface area contributed by atoms with Gasteiger partial charge in [-0.3, -0.25) is 19.5 Å². The molecular weight excluding hydrogens is 300 g/mol. The molecule has 3 rings (SSSR count). The molecular formula is C16H18N2O5. The molecule has 2 atom stereocenters. The van der Waals surface area contributed by atoms with Gasteiger partial charge in [0, 0.05) is 12.1 Å². The van der Waals surface area contributed by atoms with E-state index in [4.69, 9.17) is 9.52 Å². The number of nitrogens with one attached hydrogen (secondary N) is 1. The number of carbonyl (C=O) groups is 2. The molecule has 1 aromatic carbocycles. The Morgan fingerprint density at radius 1 is 1.43 bits per heavy atom. The second-order valence-electron chi connectivity index (χ2n) is 5.94. The highest BCUT2D eigenvalue weighted by atomic mass is 16.4. The van der Waals surface area contributed by atoms with Crippen LogP contribution in [0.1, 0.15) is 30.1 Å². The maximum Gasteiger partial charge on any atom is 0.417 e. The third kappa shape index (κ3) is 3.05. The smallest absolute Gasteiger partial charge is 0.417 e. The summed E-state index contributed by atoms with van der Waals surface area (Å²) in [4.78, 5) is 39.4. The van der Waals surface area contributed by atoms with E-state index in [2.05, 4.69) is 4.98 Å². The Labute approximate surface area is 131 Å². The lowest BCUT2D eigenvalue weighted by atomic mass is 9.95. The molecule has 1 fully saturated rings. The molecule has 0 radical (unpaired) electrons. The summed E-state index contributed by atoms with van der Waals surface area (Å²) in [6.45, 7) is 2.87. The lowest BCUT2D eigenvalue weighted by Gasteiger charge is -2.34. The molecule has 0 amide bonds. The minimum Gasteiger partial charge on any atom is -0.481 e. The summed E-state index contributed by atoms with van der Waals surface area (Å²) < 4.78 is 4.98. The minimum absolute atomic E-state index is 0.109. The van der Waals surface area contributed by atoms with Crippen molar-refractivity contribution in [1.29, 1.82) is 0 Å². The second-order valence-corrected chi connectivity index (χ2v) is 5.94. The van der Waals surface area contributed by atoms with Gasteiger partial charge in [0.1, 0.15) is 0 Å². The van der Waals surface area contributed by atoms with Crippen molar-refractivity contribution in [2.75, 3.05) is 13.1 Å². The van der Waals surface area contributed by atoms with Gasteiger partial charge in [0.2, 0.25) is 0 Å². The van der Waals surface area contributed by atoms with Crippen molar-refractivity contribution in [3.63, 3.8) is 0 Å². The van der Waals surface area contributed by atoms with Crippen LogP contribution in [-0.4, -0.2) is 45.9 Å². The van der Waals surface area contributed by atoms with Gasteiger partial charge >= 0.3 is 11.7 Å². The van der Waals surface area contributed by atoms with Gasteiger partial charge in [0.15, 0.2) is 11.4 Å². The Bertz CT molecular complexity index is 806. The molecule has 2 N–H and O–H groups in total. The van der Waals surface area contributed by atoms with Crippen molar-refractivity contribution in [1.82, 2.24) is 9.88 Å². The molecule has 122 valence electrons. The number of aliphatic carboxylic acids is 1. The first-order valence-corrected chi connectivity index (χ1v) is 7.59. The molecule has 0 bridgehead atoms. The zero-order valence-corrected chi connectivity index (χ0v) is 12.7. The van der Waals surface area contributed by atoms with Crippen molar-refractivity contribution in [3.05, 3.63) is 34.3 Å². The predicted octanol–water partition coefficient (Wildman–Crippen LogP) is 1.49. The van der Waals surface area contributed by atoms with E-state index in [0.717, 1.165) is 6.42 Å². The summed E-state index contributed by atoms with van der Waals surface area (Å²) in [7, 11) is 0. The summed E-state index contributed by atoms with van der Waals surface area (Å²) in [6.07, 6.45) is 1.41. The lowest BCUT2D eigenvalue weighted by Crippen LogP contribution is -2.46. The van der Waals surface area contributed by atoms with E-state index in [1.807, 2.05) is 4.90 Å². The van der Waals surface area contributed by atoms with Gasteiger partial charge in [-0.05, 0) is 44.5 Å². The van der Waals surface area contributed by atoms with Crippen LogP contribution in [0.15, 0.2) is 27.4 Å². The van der Waals surface area contributed by atoms with Crippen molar-refractivity contribution < 1.29 is 19.1 Å². The number of fused-ring (bicyclic) bond motifs is 1. The van der Waals surface area contributed by atoms with E-state index in [0.29, 0.717) is 36.2 Å². The molecule has 7 nitrogen and oxygen atoms in total. The van der Waals surface area contributed by atoms with Crippen molar-refractivity contribution in [2.24, 2.45) is 5.92 Å². The van der Waals surface area contributed by atoms with Gasteiger partial charge in [0.25, 0.3) is 0 Å². The highest BCUT2D eigenvalue weighted by molar-refractivity contribution is 6.01. The van der Waals surface area contributed by atoms with Crippen molar-refractivity contribution in [3.8, 4) is 0 Å². The number of carboxylic acids is 1. The number of H-pyrrole nitrogens is 1. The van der Waals surface area contributed by atoms with E-state index in [-0.39, 0.29) is 5.78 Å². The number of carboxylic acid groups (broad SMARTS) is 1. The number of likely N-dealkylation sites (tertiary alicyclic amines) is 1. The molecule has 2 heterocycles. The number of hydrogen-bond donors (Lipinski definition) is 2. The average Bonchev–Trinajstić information content (AvgIpc) is 2.92. The number of hydrogen-bond acceptors (Lipinski definition) is 5. The Kier molecular flexibility index (Phi) is 4.04. The van der Waals surface area contributed by atoms with Crippen LogP contribution >= 0.6 is 0 Å². The molecule has 1 aliphatic heterocycles. The van der Waals surface area contributed by atoms with Crippen LogP contribution in [0, 0.1) is 5.92 Å². The van der Waals surface area contributed by atoms with E-state index in [1.165, 1.54) is 0 Å². The van der Waals surface area contributed by atoms with Crippen LogP contribution in [0.5, 0.6) is 0 Å². The summed E-state index contributed by atoms with van der Waals surface area (Å²) >= 11 is 0. The van der Waals surface area contributed by atoms with Crippen LogP contribution in [-0.2, 0) is 4.79 Å². The summed E-state index contributed by atoms with van der Waals surface area (Å²) in [5.74, 6) is -1.91. The summed E-state index contributed by atoms with van der Waals surface area (Å²) in [5.41, 5.74) is 1.34. The highest BCUT2D eigenvalue weighted by Crippen LogP contribution is 2.21. The van der Waals surface area contributed by atoms with Crippen LogP contribution in [0.4, 0.5) is 0 Å². The van der Waals surface area contributed by atoms with E-state index >= 15 is 0 Å². The number of rotatable bonds is 4. The number of aromatic amines is 1. The van der Waals surface area contributed by atoms with Gasteiger partial charge in [-0.15, -0.1) is 0 Å². The van der Waals surface area contributed by atoms with Gasteiger partial charge in [0.05, 0.1) is 17.5 Å². The predicted molar refractivity (Wildman–Crippen MR) is 82.6 cm³/mol. The van der Waals surface area contributed by atoms with E-state index < -0.39 is 23.7 Å². The fourth-order valence-corrected chi connectivity index (χ4v) is 3.07. The Balaban J connectivity index is 1.80. The first-order valence-electron chi connectivity index (χ1n) is 7.59. The first kappa shape index (κ1) is 15.5. The highest BCUT2D eigenvalue weighted by Gasteiger charge is 2.31. The van der Waals surface area contributed by atoms with Crippen LogP contribution in [0.2, 0.25) is 0 Å². The zero-order valence-electron chi connectivity index (χ0n) is 12.7. The fraction of sp³-hybridized carbons (Fsp3) is 0.438. The Morgan fingerprint density at radius 3 is 2.96 bits per heavy atom. The Hall–Kier alpha value is -2.41. The fourth-order valence-electron chi connectivity index (χ4n) is 3.07. The third-order valence-electron chi connectivity index (χ3n) is 4.43. The second kappa shape index (κ2) is 6.00. The SMILES string of the molecule is CC(C(=O)c1ccc2[nH]c(=O)oc2c1)N1CCCC(C(=O)O)C1. The van der Waals surface area contributed by atoms with Crippen LogP contribution < -0.4 is 5.76 Å². The maximum absolute atomic E-state index is 12.7. The summed E-state index contributed by atoms with van der Waals surface area (Å²) in [6, 6.07) is 4.41. The molecule has 0 aliphatic carbocycles. The van der Waals surface area contributed by atoms with Gasteiger partial charge in [-0.25, -0.2) is 4.79 Å². The molecule has 0 spiro atoms. The van der Waals surface area contributed by atoms with E-state index in [9.17, 15) is 14.4 Å². The normalized spacial score (nSPS) is 20.5. The third-order valence-corrected chi connectivity index (χ3v) is 4.43. The molecule has 7 heteroatoms. The number of aromatic nitrogens is 1. The zero-order chi connectivity index (χ0) is 16.6. The molecule has 23 heavy (non-hydrogen) atoms. The lowest BCUT2D eigenvalue weighted by molar-refractivity contribution is -0.143. The number of benzene rings is 1. The number of Topliss-reactive ketones (excluding diaryl/α,β-unsaturated/α-hetero) is 1. The molecule has 0 saturated carbocycles. The molecule has 2 aromatic rings. The van der Waals surface area contributed by atoms with Gasteiger partial charge in [-0.2, -0.15) is 0 Å². The standard InChI is InChI=1S/C16H18N2O5/c1-9(18-6-2-3-11(8-18)15(20)21)14(19)10-4-5-12-13(7-10)23-16(22)17-12/h4-5,7,9,11H,2-3,6,8H2,1H3,(H,17,22)(H,20,21). The number of piperidine rings is 1. The largest absolute Gasteiger partial charge is 0.481 e. The molecule has 1 aliphatic rings. The van der Waals surface area contributed by atoms with E-state index in [1.54, 1.807) is 25.1 Å². The van der Waals surface area contributed by atoms with Crippen molar-refractivity contribution in [2.45, 2.75) is 25.8 Å². The quantitative estimate of drug-likeness (QED) is 0.828.